The first kappa shape index (κ1) is 14.0. The lowest BCUT2D eigenvalue weighted by Crippen LogP contribution is -2.28. The molecule has 0 amide bonds. The van der Waals surface area contributed by atoms with Crippen molar-refractivity contribution in [3.8, 4) is 5.75 Å². The first-order valence-electron chi connectivity index (χ1n) is 7.62. The van der Waals surface area contributed by atoms with Crippen LogP contribution in [0.25, 0.3) is 0 Å². The van der Waals surface area contributed by atoms with E-state index in [0.717, 1.165) is 31.9 Å². The van der Waals surface area contributed by atoms with Crippen LogP contribution in [0, 0.1) is 0 Å². The Morgan fingerprint density at radius 1 is 1.10 bits per heavy atom. The normalized spacial score (nSPS) is 14.4. The maximum atomic E-state index is 5.50. The van der Waals surface area contributed by atoms with E-state index in [2.05, 4.69) is 58.7 Å². The monoisotopic (exact) mass is 282 g/mol. The van der Waals surface area contributed by atoms with Gasteiger partial charge in [-0.3, -0.25) is 0 Å². The number of hydrogen-bond donors (Lipinski definition) is 1. The molecule has 0 radical (unpaired) electrons. The summed E-state index contributed by atoms with van der Waals surface area (Å²) in [5, 5.41) is 3.48. The average molecular weight is 282 g/mol. The van der Waals surface area contributed by atoms with Crippen molar-refractivity contribution in [1.29, 1.82) is 0 Å². The molecule has 1 aliphatic heterocycles. The Hall–Kier alpha value is -2.00. The highest BCUT2D eigenvalue weighted by atomic mass is 16.5. The van der Waals surface area contributed by atoms with Gasteiger partial charge in [-0.05, 0) is 36.2 Å². The smallest absolute Gasteiger partial charge is 0.119 e. The summed E-state index contributed by atoms with van der Waals surface area (Å²) in [5.41, 5.74) is 4.03. The van der Waals surface area contributed by atoms with Crippen LogP contribution in [0.5, 0.6) is 5.75 Å². The van der Waals surface area contributed by atoms with E-state index in [1.807, 2.05) is 6.92 Å². The summed E-state index contributed by atoms with van der Waals surface area (Å²) in [5.74, 6) is 0.944. The number of rotatable bonds is 4. The number of para-hydroxylation sites is 1. The molecule has 0 fully saturated rings. The van der Waals surface area contributed by atoms with Gasteiger partial charge in [-0.2, -0.15) is 0 Å². The van der Waals surface area contributed by atoms with Crippen LogP contribution < -0.4 is 15.0 Å². The van der Waals surface area contributed by atoms with E-state index in [0.29, 0.717) is 6.61 Å². The summed E-state index contributed by atoms with van der Waals surface area (Å²) in [6.45, 7) is 6.66. The quantitative estimate of drug-likeness (QED) is 0.932. The largest absolute Gasteiger partial charge is 0.494 e. The second kappa shape index (κ2) is 6.64. The molecule has 3 rings (SSSR count). The molecule has 1 aliphatic rings. The minimum Gasteiger partial charge on any atom is -0.494 e. The SMILES string of the molecule is CCOc1ccc(CN2CCNCc3ccccc32)cc1. The van der Waals surface area contributed by atoms with Crippen molar-refractivity contribution in [1.82, 2.24) is 5.32 Å². The molecule has 0 saturated heterocycles. The molecule has 3 nitrogen and oxygen atoms in total. The second-order valence-electron chi connectivity index (χ2n) is 5.30. The van der Waals surface area contributed by atoms with Gasteiger partial charge in [0.1, 0.15) is 5.75 Å². The van der Waals surface area contributed by atoms with Crippen LogP contribution in [-0.2, 0) is 13.1 Å². The Kier molecular flexibility index (Phi) is 4.41. The van der Waals surface area contributed by atoms with Crippen molar-refractivity contribution in [2.24, 2.45) is 0 Å². The molecule has 0 spiro atoms. The van der Waals surface area contributed by atoms with Gasteiger partial charge in [0.15, 0.2) is 0 Å². The third-order valence-electron chi connectivity index (χ3n) is 3.81. The zero-order chi connectivity index (χ0) is 14.5. The van der Waals surface area contributed by atoms with Gasteiger partial charge in [0, 0.05) is 31.9 Å². The highest BCUT2D eigenvalue weighted by Crippen LogP contribution is 2.24. The third kappa shape index (κ3) is 3.37. The van der Waals surface area contributed by atoms with Crippen LogP contribution in [0.2, 0.25) is 0 Å². The van der Waals surface area contributed by atoms with Gasteiger partial charge in [0.2, 0.25) is 0 Å². The van der Waals surface area contributed by atoms with Gasteiger partial charge in [0.05, 0.1) is 6.61 Å². The lowest BCUT2D eigenvalue weighted by Gasteiger charge is -2.24. The Morgan fingerprint density at radius 3 is 2.71 bits per heavy atom. The van der Waals surface area contributed by atoms with Crippen LogP contribution in [0.1, 0.15) is 18.1 Å². The van der Waals surface area contributed by atoms with Gasteiger partial charge in [-0.1, -0.05) is 30.3 Å². The second-order valence-corrected chi connectivity index (χ2v) is 5.30. The topological polar surface area (TPSA) is 24.5 Å². The van der Waals surface area contributed by atoms with E-state index in [1.54, 1.807) is 0 Å². The molecule has 0 bridgehead atoms. The predicted molar refractivity (Wildman–Crippen MR) is 86.8 cm³/mol. The van der Waals surface area contributed by atoms with Gasteiger partial charge in [0.25, 0.3) is 0 Å². The van der Waals surface area contributed by atoms with Gasteiger partial charge in [-0.25, -0.2) is 0 Å². The van der Waals surface area contributed by atoms with E-state index in [9.17, 15) is 0 Å². The molecule has 2 aromatic rings. The summed E-state index contributed by atoms with van der Waals surface area (Å²) in [6, 6.07) is 17.1. The average Bonchev–Trinajstić information content (AvgIpc) is 2.72. The number of nitrogens with zero attached hydrogens (tertiary/aromatic N) is 1. The molecule has 0 unspecified atom stereocenters. The van der Waals surface area contributed by atoms with Crippen LogP contribution >= 0.6 is 0 Å². The van der Waals surface area contributed by atoms with Gasteiger partial charge < -0.3 is 15.0 Å². The summed E-state index contributed by atoms with van der Waals surface area (Å²) in [6.07, 6.45) is 0. The minimum absolute atomic E-state index is 0.713. The maximum absolute atomic E-state index is 5.50. The van der Waals surface area contributed by atoms with Crippen molar-refractivity contribution < 1.29 is 4.74 Å². The van der Waals surface area contributed by atoms with E-state index in [1.165, 1.54) is 16.8 Å². The zero-order valence-electron chi connectivity index (χ0n) is 12.5. The highest BCUT2D eigenvalue weighted by molar-refractivity contribution is 5.54. The van der Waals surface area contributed by atoms with E-state index >= 15 is 0 Å². The van der Waals surface area contributed by atoms with Crippen LogP contribution in [0.4, 0.5) is 5.69 Å². The Balaban J connectivity index is 1.77. The summed E-state index contributed by atoms with van der Waals surface area (Å²) < 4.78 is 5.50. The Morgan fingerprint density at radius 2 is 1.90 bits per heavy atom. The summed E-state index contributed by atoms with van der Waals surface area (Å²) in [4.78, 5) is 2.45. The predicted octanol–water partition coefficient (Wildman–Crippen LogP) is 3.20. The number of hydrogen-bond acceptors (Lipinski definition) is 3. The molecule has 0 atom stereocenters. The highest BCUT2D eigenvalue weighted by Gasteiger charge is 2.14. The number of nitrogens with one attached hydrogen (secondary N) is 1. The van der Waals surface area contributed by atoms with Gasteiger partial charge in [-0.15, -0.1) is 0 Å². The minimum atomic E-state index is 0.713. The first-order chi connectivity index (χ1) is 10.4. The first-order valence-corrected chi connectivity index (χ1v) is 7.62. The van der Waals surface area contributed by atoms with Crippen molar-refractivity contribution in [3.05, 3.63) is 59.7 Å². The van der Waals surface area contributed by atoms with Crippen molar-refractivity contribution >= 4 is 5.69 Å². The van der Waals surface area contributed by atoms with Crippen LogP contribution in [0.15, 0.2) is 48.5 Å². The van der Waals surface area contributed by atoms with E-state index in [4.69, 9.17) is 4.74 Å². The van der Waals surface area contributed by atoms with Crippen molar-refractivity contribution in [3.63, 3.8) is 0 Å². The van der Waals surface area contributed by atoms with Crippen molar-refractivity contribution in [2.75, 3.05) is 24.6 Å². The molecule has 3 heteroatoms. The molecule has 0 aromatic heterocycles. The number of ether oxygens (including phenoxy) is 1. The molecule has 1 N–H and O–H groups in total. The van der Waals surface area contributed by atoms with Gasteiger partial charge >= 0.3 is 0 Å². The molecular weight excluding hydrogens is 260 g/mol. The molecule has 2 aromatic carbocycles. The fourth-order valence-corrected chi connectivity index (χ4v) is 2.77. The van der Waals surface area contributed by atoms with E-state index in [-0.39, 0.29) is 0 Å². The molecule has 0 saturated carbocycles. The zero-order valence-corrected chi connectivity index (χ0v) is 12.5. The lowest BCUT2D eigenvalue weighted by molar-refractivity contribution is 0.340. The van der Waals surface area contributed by atoms with E-state index < -0.39 is 0 Å². The van der Waals surface area contributed by atoms with Crippen LogP contribution in [0.3, 0.4) is 0 Å². The Bertz CT molecular complexity index is 580. The maximum Gasteiger partial charge on any atom is 0.119 e. The molecule has 21 heavy (non-hydrogen) atoms. The molecule has 1 heterocycles. The standard InChI is InChI=1S/C18H22N2O/c1-2-21-17-9-7-15(8-10-17)14-20-12-11-19-13-16-5-3-4-6-18(16)20/h3-10,19H,2,11-14H2,1H3. The fraction of sp³-hybridized carbons (Fsp3) is 0.333. The number of anilines is 1. The summed E-state index contributed by atoms with van der Waals surface area (Å²) >= 11 is 0. The number of benzene rings is 2. The molecule has 0 aliphatic carbocycles. The molecule has 110 valence electrons. The summed E-state index contributed by atoms with van der Waals surface area (Å²) in [7, 11) is 0. The van der Waals surface area contributed by atoms with Crippen LogP contribution in [-0.4, -0.2) is 19.7 Å². The van der Waals surface area contributed by atoms with Crippen molar-refractivity contribution in [2.45, 2.75) is 20.0 Å². The lowest BCUT2D eigenvalue weighted by atomic mass is 10.1. The third-order valence-corrected chi connectivity index (χ3v) is 3.81. The fourth-order valence-electron chi connectivity index (χ4n) is 2.77. The Labute approximate surface area is 126 Å². The number of fused-ring (bicyclic) bond motifs is 1. The molecular formula is C18H22N2O.